The number of esters is 2. The number of amides is 1. The van der Waals surface area contributed by atoms with Crippen LogP contribution in [0.1, 0.15) is 79.9 Å². The number of anilines is 1. The molecule has 0 saturated carbocycles. The Kier molecular flexibility index (Phi) is 7.07. The minimum atomic E-state index is -0.470. The van der Waals surface area contributed by atoms with Gasteiger partial charge in [-0.25, -0.2) is 9.59 Å². The standard InChI is InChI=1S/C23H27NO5S2/c1-2-28-23(27)20-15-9-4-3-5-11-17(15)31-21(20)24-19(25)13-29-22(26)18-12-14-8-6-7-10-16(14)30-18/h12H,2-11,13H2,1H3,(H,24,25). The van der Waals surface area contributed by atoms with Gasteiger partial charge in [0.1, 0.15) is 9.88 Å². The van der Waals surface area contributed by atoms with Crippen LogP contribution in [0.5, 0.6) is 0 Å². The molecule has 2 aliphatic rings. The molecule has 0 radical (unpaired) electrons. The first kappa shape index (κ1) is 22.0. The number of ether oxygens (including phenoxy) is 2. The zero-order chi connectivity index (χ0) is 21.8. The average molecular weight is 462 g/mol. The van der Waals surface area contributed by atoms with Crippen molar-refractivity contribution in [2.45, 2.75) is 64.7 Å². The number of carbonyl (C=O) groups excluding carboxylic acids is 3. The molecule has 2 aromatic heterocycles. The fourth-order valence-electron chi connectivity index (χ4n) is 4.21. The first-order valence-electron chi connectivity index (χ1n) is 11.0. The minimum absolute atomic E-state index is 0.277. The summed E-state index contributed by atoms with van der Waals surface area (Å²) in [7, 11) is 0. The summed E-state index contributed by atoms with van der Waals surface area (Å²) < 4.78 is 10.5. The highest BCUT2D eigenvalue weighted by Crippen LogP contribution is 2.38. The van der Waals surface area contributed by atoms with E-state index in [1.165, 1.54) is 33.1 Å². The van der Waals surface area contributed by atoms with E-state index in [-0.39, 0.29) is 13.2 Å². The predicted molar refractivity (Wildman–Crippen MR) is 121 cm³/mol. The van der Waals surface area contributed by atoms with Crippen molar-refractivity contribution in [1.29, 1.82) is 0 Å². The van der Waals surface area contributed by atoms with Crippen molar-refractivity contribution in [3.05, 3.63) is 37.4 Å². The van der Waals surface area contributed by atoms with Crippen molar-refractivity contribution in [3.8, 4) is 0 Å². The lowest BCUT2D eigenvalue weighted by atomic mass is 9.99. The SMILES string of the molecule is CCOC(=O)c1c(NC(=O)COC(=O)c2cc3c(s2)CCCC3)sc2c1CCCCC2. The lowest BCUT2D eigenvalue weighted by molar-refractivity contribution is -0.119. The van der Waals surface area contributed by atoms with Crippen LogP contribution in [0.2, 0.25) is 0 Å². The van der Waals surface area contributed by atoms with Crippen molar-refractivity contribution in [1.82, 2.24) is 0 Å². The predicted octanol–water partition coefficient (Wildman–Crippen LogP) is 4.93. The largest absolute Gasteiger partial charge is 0.462 e. The van der Waals surface area contributed by atoms with E-state index in [1.807, 2.05) is 6.07 Å². The van der Waals surface area contributed by atoms with E-state index in [2.05, 4.69) is 5.32 Å². The third kappa shape index (κ3) is 5.01. The van der Waals surface area contributed by atoms with Gasteiger partial charge in [-0.05, 0) is 75.5 Å². The van der Waals surface area contributed by atoms with E-state index >= 15 is 0 Å². The quantitative estimate of drug-likeness (QED) is 0.487. The van der Waals surface area contributed by atoms with Crippen molar-refractivity contribution < 1.29 is 23.9 Å². The van der Waals surface area contributed by atoms with E-state index < -0.39 is 17.8 Å². The van der Waals surface area contributed by atoms with Gasteiger partial charge in [-0.1, -0.05) is 6.42 Å². The number of rotatable bonds is 6. The van der Waals surface area contributed by atoms with Crippen LogP contribution in [0.3, 0.4) is 0 Å². The highest BCUT2D eigenvalue weighted by Gasteiger charge is 2.27. The molecule has 2 heterocycles. The van der Waals surface area contributed by atoms with Gasteiger partial charge in [0.05, 0.1) is 12.2 Å². The van der Waals surface area contributed by atoms with Crippen LogP contribution in [0.25, 0.3) is 0 Å². The molecular formula is C23H27NO5S2. The minimum Gasteiger partial charge on any atom is -0.462 e. The summed E-state index contributed by atoms with van der Waals surface area (Å²) in [4.78, 5) is 40.5. The Morgan fingerprint density at radius 3 is 2.45 bits per heavy atom. The molecule has 166 valence electrons. The summed E-state index contributed by atoms with van der Waals surface area (Å²) in [6.45, 7) is 1.66. The second-order valence-electron chi connectivity index (χ2n) is 7.88. The van der Waals surface area contributed by atoms with Crippen LogP contribution in [-0.4, -0.2) is 31.1 Å². The van der Waals surface area contributed by atoms with Crippen molar-refractivity contribution in [2.75, 3.05) is 18.5 Å². The normalized spacial score (nSPS) is 15.4. The fourth-order valence-corrected chi connectivity index (χ4v) is 6.65. The van der Waals surface area contributed by atoms with E-state index in [0.29, 0.717) is 15.4 Å². The third-order valence-corrected chi connectivity index (χ3v) is 8.11. The number of hydrogen-bond donors (Lipinski definition) is 1. The molecule has 8 heteroatoms. The summed E-state index contributed by atoms with van der Waals surface area (Å²) in [5.74, 6) is -1.32. The Hall–Kier alpha value is -2.19. The zero-order valence-electron chi connectivity index (χ0n) is 17.7. The molecule has 0 spiro atoms. The molecule has 4 rings (SSSR count). The Morgan fingerprint density at radius 1 is 0.903 bits per heavy atom. The fraction of sp³-hybridized carbons (Fsp3) is 0.522. The van der Waals surface area contributed by atoms with Gasteiger partial charge >= 0.3 is 11.9 Å². The Morgan fingerprint density at radius 2 is 1.65 bits per heavy atom. The highest BCUT2D eigenvalue weighted by molar-refractivity contribution is 7.17. The second-order valence-corrected chi connectivity index (χ2v) is 10.1. The van der Waals surface area contributed by atoms with Gasteiger partial charge in [-0.15, -0.1) is 22.7 Å². The zero-order valence-corrected chi connectivity index (χ0v) is 19.3. The number of fused-ring (bicyclic) bond motifs is 2. The number of nitrogens with one attached hydrogen (secondary N) is 1. The lowest BCUT2D eigenvalue weighted by Crippen LogP contribution is -2.21. The van der Waals surface area contributed by atoms with Crippen molar-refractivity contribution >= 4 is 45.5 Å². The molecule has 2 aliphatic carbocycles. The Labute approximate surface area is 189 Å². The monoisotopic (exact) mass is 461 g/mol. The van der Waals surface area contributed by atoms with E-state index in [4.69, 9.17) is 9.47 Å². The molecule has 31 heavy (non-hydrogen) atoms. The number of carbonyl (C=O) groups is 3. The van der Waals surface area contributed by atoms with E-state index in [0.717, 1.165) is 68.2 Å². The summed E-state index contributed by atoms with van der Waals surface area (Å²) >= 11 is 2.90. The van der Waals surface area contributed by atoms with Crippen LogP contribution in [0, 0.1) is 0 Å². The number of hydrogen-bond acceptors (Lipinski definition) is 7. The second kappa shape index (κ2) is 9.96. The Balaban J connectivity index is 1.42. The number of thiophene rings is 2. The third-order valence-electron chi connectivity index (χ3n) is 5.69. The van der Waals surface area contributed by atoms with Crippen molar-refractivity contribution in [3.63, 3.8) is 0 Å². The highest BCUT2D eigenvalue weighted by atomic mass is 32.1. The molecule has 0 bridgehead atoms. The molecule has 6 nitrogen and oxygen atoms in total. The molecule has 1 amide bonds. The number of aryl methyl sites for hydroxylation is 3. The maximum absolute atomic E-state index is 12.6. The van der Waals surface area contributed by atoms with Gasteiger partial charge in [0.2, 0.25) is 0 Å². The van der Waals surface area contributed by atoms with Crippen LogP contribution >= 0.6 is 22.7 Å². The molecule has 0 aromatic carbocycles. The average Bonchev–Trinajstić information content (AvgIpc) is 3.26. The van der Waals surface area contributed by atoms with Crippen LogP contribution < -0.4 is 5.32 Å². The molecule has 2 aromatic rings. The lowest BCUT2D eigenvalue weighted by Gasteiger charge is -2.08. The van der Waals surface area contributed by atoms with Gasteiger partial charge in [0, 0.05) is 9.75 Å². The van der Waals surface area contributed by atoms with Crippen LogP contribution in [0.15, 0.2) is 6.07 Å². The van der Waals surface area contributed by atoms with E-state index in [9.17, 15) is 14.4 Å². The van der Waals surface area contributed by atoms with Gasteiger partial charge in [-0.3, -0.25) is 4.79 Å². The molecule has 0 atom stereocenters. The van der Waals surface area contributed by atoms with Gasteiger partial charge in [0.15, 0.2) is 6.61 Å². The maximum Gasteiger partial charge on any atom is 0.348 e. The van der Waals surface area contributed by atoms with Crippen LogP contribution in [-0.2, 0) is 40.0 Å². The van der Waals surface area contributed by atoms with Crippen LogP contribution in [0.4, 0.5) is 5.00 Å². The topological polar surface area (TPSA) is 81.7 Å². The van der Waals surface area contributed by atoms with E-state index in [1.54, 1.807) is 6.92 Å². The molecular weight excluding hydrogens is 434 g/mol. The smallest absolute Gasteiger partial charge is 0.348 e. The molecule has 0 aliphatic heterocycles. The first-order chi connectivity index (χ1) is 15.1. The maximum atomic E-state index is 12.6. The summed E-state index contributed by atoms with van der Waals surface area (Å²) in [5, 5.41) is 3.29. The first-order valence-corrected chi connectivity index (χ1v) is 12.6. The van der Waals surface area contributed by atoms with Crippen molar-refractivity contribution in [2.24, 2.45) is 0 Å². The van der Waals surface area contributed by atoms with Gasteiger partial charge in [-0.2, -0.15) is 0 Å². The summed E-state index contributed by atoms with van der Waals surface area (Å²) in [6, 6.07) is 1.90. The van der Waals surface area contributed by atoms with Gasteiger partial charge < -0.3 is 14.8 Å². The molecule has 0 saturated heterocycles. The molecule has 0 fully saturated rings. The summed E-state index contributed by atoms with van der Waals surface area (Å²) in [6.07, 6.45) is 9.25. The summed E-state index contributed by atoms with van der Waals surface area (Å²) in [5.41, 5.74) is 2.69. The molecule has 0 unspecified atom stereocenters. The molecule has 1 N–H and O–H groups in total. The van der Waals surface area contributed by atoms with Gasteiger partial charge in [0.25, 0.3) is 5.91 Å². The Bertz CT molecular complexity index is 967.